The van der Waals surface area contributed by atoms with Crippen LogP contribution in [0.15, 0.2) is 145 Å². The first-order valence-electron chi connectivity index (χ1n) is 15.4. The molecule has 4 aromatic carbocycles. The minimum Gasteiger partial charge on any atom is -0.383 e. The van der Waals surface area contributed by atoms with E-state index in [0.29, 0.717) is 5.84 Å². The number of nitrogens with zero attached hydrogens (tertiary/aromatic N) is 3. The summed E-state index contributed by atoms with van der Waals surface area (Å²) < 4.78 is 4.55. The van der Waals surface area contributed by atoms with Crippen LogP contribution in [0.2, 0.25) is 0 Å². The number of aromatic nitrogens is 2. The van der Waals surface area contributed by atoms with E-state index in [4.69, 9.17) is 10.7 Å². The second kappa shape index (κ2) is 12.9. The van der Waals surface area contributed by atoms with Crippen molar-refractivity contribution in [1.29, 1.82) is 0 Å². The van der Waals surface area contributed by atoms with Gasteiger partial charge < -0.3 is 14.9 Å². The molecule has 0 aliphatic heterocycles. The predicted molar refractivity (Wildman–Crippen MR) is 193 cm³/mol. The van der Waals surface area contributed by atoms with Crippen LogP contribution in [0.3, 0.4) is 0 Å². The van der Waals surface area contributed by atoms with E-state index in [1.807, 2.05) is 37.3 Å². The van der Waals surface area contributed by atoms with Crippen LogP contribution in [-0.2, 0) is 6.42 Å². The van der Waals surface area contributed by atoms with Crippen molar-refractivity contribution in [2.75, 3.05) is 0 Å². The molecule has 4 nitrogen and oxygen atoms in total. The summed E-state index contributed by atoms with van der Waals surface area (Å²) in [7, 11) is 0. The van der Waals surface area contributed by atoms with Gasteiger partial charge in [-0.2, -0.15) is 0 Å². The molecule has 0 atom stereocenters. The van der Waals surface area contributed by atoms with Crippen molar-refractivity contribution in [3.05, 3.63) is 161 Å². The average Bonchev–Trinajstić information content (AvgIpc) is 3.62. The van der Waals surface area contributed by atoms with Gasteiger partial charge in [-0.15, -0.1) is 0 Å². The highest BCUT2D eigenvalue weighted by atomic mass is 15.0. The summed E-state index contributed by atoms with van der Waals surface area (Å²) in [6, 6.07) is 33.8. The molecule has 0 aliphatic rings. The maximum atomic E-state index is 6.61. The number of hydrogen-bond acceptors (Lipinski definition) is 1. The Labute approximate surface area is 264 Å². The topological polar surface area (TPSA) is 48.2 Å². The molecule has 0 unspecified atom stereocenters. The quantitative estimate of drug-likeness (QED) is 0.109. The van der Waals surface area contributed by atoms with E-state index >= 15 is 0 Å². The van der Waals surface area contributed by atoms with E-state index in [0.717, 1.165) is 51.0 Å². The van der Waals surface area contributed by atoms with Gasteiger partial charge in [-0.3, -0.25) is 0 Å². The Balaban J connectivity index is 1.45. The zero-order chi connectivity index (χ0) is 31.3. The minimum atomic E-state index is 0.488. The van der Waals surface area contributed by atoms with E-state index in [9.17, 15) is 0 Å². The summed E-state index contributed by atoms with van der Waals surface area (Å²) in [5, 5.41) is 4.66. The zero-order valence-corrected chi connectivity index (χ0v) is 26.1. The lowest BCUT2D eigenvalue weighted by atomic mass is 10.0. The Morgan fingerprint density at radius 1 is 0.844 bits per heavy atom. The normalized spacial score (nSPS) is 13.5. The summed E-state index contributed by atoms with van der Waals surface area (Å²) in [5.74, 6) is 0.488. The van der Waals surface area contributed by atoms with E-state index in [1.165, 1.54) is 21.6 Å². The molecule has 0 saturated carbocycles. The van der Waals surface area contributed by atoms with Gasteiger partial charge in [0.2, 0.25) is 0 Å². The number of nitrogens with two attached hydrogens (primary N) is 1. The SMILES string of the molecule is C=C/C=c1\c(=C/C)c2cc3ccn(-c4ccccc4)c3cc2n1-c1ccc(C(N)=Nc2ccccc2CC(/C=C\C)=C/C)cc1. The molecule has 2 aromatic heterocycles. The molecular weight excluding hydrogens is 548 g/mol. The number of allylic oxidation sites excluding steroid dienone is 5. The van der Waals surface area contributed by atoms with Crippen LogP contribution in [0.1, 0.15) is 31.9 Å². The van der Waals surface area contributed by atoms with Crippen molar-refractivity contribution >= 4 is 45.5 Å². The lowest BCUT2D eigenvalue weighted by Crippen LogP contribution is -2.28. The highest BCUT2D eigenvalue weighted by Gasteiger charge is 2.14. The van der Waals surface area contributed by atoms with E-state index in [-0.39, 0.29) is 0 Å². The number of benzene rings is 4. The van der Waals surface area contributed by atoms with Gasteiger partial charge in [0.25, 0.3) is 0 Å². The Morgan fingerprint density at radius 2 is 1.60 bits per heavy atom. The summed E-state index contributed by atoms with van der Waals surface area (Å²) in [6.07, 6.45) is 15.4. The molecule has 6 aromatic rings. The van der Waals surface area contributed by atoms with Crippen LogP contribution in [-0.4, -0.2) is 15.0 Å². The summed E-state index contributed by atoms with van der Waals surface area (Å²) in [5.41, 5.74) is 15.2. The third-order valence-corrected chi connectivity index (χ3v) is 8.25. The van der Waals surface area contributed by atoms with Crippen molar-refractivity contribution in [2.24, 2.45) is 10.7 Å². The second-order valence-corrected chi connectivity index (χ2v) is 11.0. The molecule has 0 saturated heterocycles. The van der Waals surface area contributed by atoms with Crippen LogP contribution in [0.4, 0.5) is 5.69 Å². The van der Waals surface area contributed by atoms with Gasteiger partial charge >= 0.3 is 0 Å². The third-order valence-electron chi connectivity index (χ3n) is 8.25. The maximum absolute atomic E-state index is 6.61. The van der Waals surface area contributed by atoms with Gasteiger partial charge in [-0.05, 0) is 105 Å². The van der Waals surface area contributed by atoms with E-state index in [2.05, 4.69) is 139 Å². The van der Waals surface area contributed by atoms with Gasteiger partial charge in [-0.1, -0.05) is 73.4 Å². The van der Waals surface area contributed by atoms with Crippen LogP contribution in [0.25, 0.3) is 45.3 Å². The molecule has 0 amide bonds. The largest absolute Gasteiger partial charge is 0.383 e. The predicted octanol–water partition coefficient (Wildman–Crippen LogP) is 8.44. The zero-order valence-electron chi connectivity index (χ0n) is 26.1. The Bertz CT molecular complexity index is 2220. The molecule has 222 valence electrons. The molecule has 2 N–H and O–H groups in total. The van der Waals surface area contributed by atoms with Gasteiger partial charge in [-0.25, -0.2) is 4.99 Å². The van der Waals surface area contributed by atoms with E-state index in [1.54, 1.807) is 0 Å². The maximum Gasteiger partial charge on any atom is 0.131 e. The van der Waals surface area contributed by atoms with Gasteiger partial charge in [0.15, 0.2) is 0 Å². The fourth-order valence-electron chi connectivity index (χ4n) is 6.07. The molecule has 0 fully saturated rings. The summed E-state index contributed by atoms with van der Waals surface area (Å²) in [4.78, 5) is 4.87. The smallest absolute Gasteiger partial charge is 0.131 e. The summed E-state index contributed by atoms with van der Waals surface area (Å²) in [6.45, 7) is 10.2. The monoisotopic (exact) mass is 586 g/mol. The Hall–Kier alpha value is -5.61. The van der Waals surface area contributed by atoms with Crippen molar-refractivity contribution in [3.63, 3.8) is 0 Å². The Morgan fingerprint density at radius 3 is 2.31 bits per heavy atom. The van der Waals surface area contributed by atoms with Gasteiger partial charge in [0.05, 0.1) is 22.1 Å². The Kier molecular flexibility index (Phi) is 8.47. The van der Waals surface area contributed by atoms with Gasteiger partial charge in [0.1, 0.15) is 5.84 Å². The highest BCUT2D eigenvalue weighted by molar-refractivity contribution is 6.00. The van der Waals surface area contributed by atoms with Crippen molar-refractivity contribution < 1.29 is 0 Å². The number of amidine groups is 1. The van der Waals surface area contributed by atoms with E-state index < -0.39 is 0 Å². The number of rotatable bonds is 8. The van der Waals surface area contributed by atoms with Crippen molar-refractivity contribution in [2.45, 2.75) is 27.2 Å². The molecule has 2 heterocycles. The molecule has 6 rings (SSSR count). The second-order valence-electron chi connectivity index (χ2n) is 11.0. The minimum absolute atomic E-state index is 0.488. The van der Waals surface area contributed by atoms with Gasteiger partial charge in [0, 0.05) is 39.1 Å². The van der Waals surface area contributed by atoms with Crippen molar-refractivity contribution in [3.8, 4) is 11.4 Å². The fraction of sp³-hybridized carbons (Fsp3) is 0.0976. The first-order valence-corrected chi connectivity index (χ1v) is 15.4. The fourth-order valence-corrected chi connectivity index (χ4v) is 6.07. The lowest BCUT2D eigenvalue weighted by Gasteiger charge is -2.11. The highest BCUT2D eigenvalue weighted by Crippen LogP contribution is 2.27. The van der Waals surface area contributed by atoms with Crippen LogP contribution in [0, 0.1) is 0 Å². The lowest BCUT2D eigenvalue weighted by molar-refractivity contribution is 1.07. The first kappa shape index (κ1) is 29.5. The molecule has 0 radical (unpaired) electrons. The van der Waals surface area contributed by atoms with Crippen LogP contribution < -0.4 is 16.3 Å². The molecule has 0 aliphatic carbocycles. The number of para-hydroxylation sites is 2. The third kappa shape index (κ3) is 5.71. The number of fused-ring (bicyclic) bond motifs is 2. The molecule has 4 heteroatoms. The molecule has 0 spiro atoms. The standard InChI is InChI=1S/C41H38N4/c1-5-14-29(7-3)26-31-16-12-13-19-37(31)43-41(42)30-20-22-34(23-21-30)45-38(15-6-2)35(8-4)36-27-32-24-25-44(39(32)28-40(36)45)33-17-10-9-11-18-33/h5-25,27-28H,2,26H2,1,3-4H3,(H2,42,43)/b14-5-,29-7+,35-8-,38-15+. The molecule has 0 bridgehead atoms. The number of aliphatic imine (C=N–C) groups is 1. The van der Waals surface area contributed by atoms with Crippen molar-refractivity contribution in [1.82, 2.24) is 9.13 Å². The molecule has 45 heavy (non-hydrogen) atoms. The first-order chi connectivity index (χ1) is 22.1. The average molecular weight is 587 g/mol. The number of hydrogen-bond donors (Lipinski definition) is 1. The molecular formula is C41H38N4. The van der Waals surface area contributed by atoms with Crippen LogP contribution >= 0.6 is 0 Å². The summed E-state index contributed by atoms with van der Waals surface area (Å²) >= 11 is 0. The van der Waals surface area contributed by atoms with Crippen LogP contribution in [0.5, 0.6) is 0 Å².